The van der Waals surface area contributed by atoms with Crippen LogP contribution in [0.4, 0.5) is 0 Å². The fourth-order valence-corrected chi connectivity index (χ4v) is 2.06. The molecule has 0 fully saturated rings. The number of hydrogen-bond acceptors (Lipinski definition) is 3. The van der Waals surface area contributed by atoms with E-state index < -0.39 is 0 Å². The lowest BCUT2D eigenvalue weighted by Crippen LogP contribution is -2.39. The van der Waals surface area contributed by atoms with E-state index in [4.69, 9.17) is 0 Å². The number of hydrogen-bond donors (Lipinski definition) is 1. The third-order valence-corrected chi connectivity index (χ3v) is 3.05. The highest BCUT2D eigenvalue weighted by Crippen LogP contribution is 2.21. The van der Waals surface area contributed by atoms with Gasteiger partial charge in [0.2, 0.25) is 0 Å². The average molecular weight is 242 g/mol. The van der Waals surface area contributed by atoms with Crippen molar-refractivity contribution in [3.05, 3.63) is 52.4 Å². The molecule has 0 aliphatic carbocycles. The number of aromatic nitrogens is 2. The molecule has 0 bridgehead atoms. The molecule has 2 aromatic carbocycles. The van der Waals surface area contributed by atoms with Gasteiger partial charge in [0, 0.05) is 18.2 Å². The summed E-state index contributed by atoms with van der Waals surface area (Å²) in [4.78, 5) is 0. The largest absolute Gasteiger partial charge is 0.617 e. The second-order valence-corrected chi connectivity index (χ2v) is 4.20. The molecule has 0 amide bonds. The van der Waals surface area contributed by atoms with Gasteiger partial charge in [-0.25, -0.2) is 0 Å². The summed E-state index contributed by atoms with van der Waals surface area (Å²) in [5, 5.41) is 34.0. The highest BCUT2D eigenvalue weighted by molar-refractivity contribution is 5.78. The molecule has 3 aromatic rings. The number of aromatic hydroxyl groups is 1. The highest BCUT2D eigenvalue weighted by Gasteiger charge is 2.21. The van der Waals surface area contributed by atoms with Crippen molar-refractivity contribution in [2.75, 3.05) is 0 Å². The maximum absolute atomic E-state index is 12.2. The second kappa shape index (κ2) is 3.46. The van der Waals surface area contributed by atoms with Crippen molar-refractivity contribution in [1.29, 1.82) is 0 Å². The van der Waals surface area contributed by atoms with E-state index in [9.17, 15) is 15.5 Å². The molecule has 90 valence electrons. The highest BCUT2D eigenvalue weighted by atomic mass is 16.5. The maximum atomic E-state index is 12.2. The number of fused-ring (bicyclic) bond motifs is 2. The maximum Gasteiger partial charge on any atom is 0.294 e. The van der Waals surface area contributed by atoms with Crippen molar-refractivity contribution in [2.24, 2.45) is 0 Å². The van der Waals surface area contributed by atoms with Gasteiger partial charge in [0.05, 0.1) is 6.07 Å². The normalized spacial score (nSPS) is 11.2. The van der Waals surface area contributed by atoms with Crippen molar-refractivity contribution in [3.63, 3.8) is 0 Å². The third-order valence-electron chi connectivity index (χ3n) is 3.05. The fraction of sp³-hybridized carbons (Fsp3) is 0.0769. The predicted octanol–water partition coefficient (Wildman–Crippen LogP) is 1.27. The fourth-order valence-electron chi connectivity index (χ4n) is 2.06. The Morgan fingerprint density at radius 2 is 1.39 bits per heavy atom. The number of rotatable bonds is 0. The lowest BCUT2D eigenvalue weighted by molar-refractivity contribution is -0.591. The van der Waals surface area contributed by atoms with Crippen LogP contribution in [0.1, 0.15) is 5.56 Å². The van der Waals surface area contributed by atoms with Crippen LogP contribution in [-0.2, 0) is 0 Å². The molecule has 0 aliphatic rings. The zero-order valence-electron chi connectivity index (χ0n) is 9.62. The van der Waals surface area contributed by atoms with E-state index in [-0.39, 0.29) is 22.3 Å². The van der Waals surface area contributed by atoms with Crippen LogP contribution in [0.15, 0.2) is 36.4 Å². The summed E-state index contributed by atoms with van der Waals surface area (Å²) in [5.74, 6) is 0.00220. The van der Waals surface area contributed by atoms with Gasteiger partial charge in [-0.05, 0) is 12.5 Å². The number of phenols is 1. The summed E-state index contributed by atoms with van der Waals surface area (Å²) < 4.78 is 1.38. The number of para-hydroxylation sites is 2. The SMILES string of the molecule is Cc1cc2c(cc1O)[n+]([O-])c1ccccc1[n+]2[O-]. The lowest BCUT2D eigenvalue weighted by Gasteiger charge is -2.08. The number of aryl methyl sites for hydroxylation is 1. The summed E-state index contributed by atoms with van der Waals surface area (Å²) in [6.07, 6.45) is 0. The summed E-state index contributed by atoms with van der Waals surface area (Å²) in [5.41, 5.74) is 1.56. The molecule has 5 heteroatoms. The summed E-state index contributed by atoms with van der Waals surface area (Å²) in [6.45, 7) is 1.68. The second-order valence-electron chi connectivity index (χ2n) is 4.20. The molecule has 0 saturated heterocycles. The standard InChI is InChI=1S/C13H10N2O3/c1-8-6-11-12(7-13(8)16)15(18)10-5-3-2-4-9(10)14(11)17/h2-7,16H,1H3. The molecule has 1 N–H and O–H groups in total. The van der Waals surface area contributed by atoms with Gasteiger partial charge in [0.25, 0.3) is 22.1 Å². The molecule has 0 spiro atoms. The van der Waals surface area contributed by atoms with Gasteiger partial charge in [-0.2, -0.15) is 9.46 Å². The zero-order chi connectivity index (χ0) is 12.9. The van der Waals surface area contributed by atoms with Crippen molar-refractivity contribution in [2.45, 2.75) is 6.92 Å². The van der Waals surface area contributed by atoms with E-state index in [2.05, 4.69) is 0 Å². The van der Waals surface area contributed by atoms with Crippen molar-refractivity contribution < 1.29 is 14.6 Å². The average Bonchev–Trinajstić information content (AvgIpc) is 2.38. The molecule has 0 saturated carbocycles. The van der Waals surface area contributed by atoms with Crippen LogP contribution in [0.25, 0.3) is 22.1 Å². The Bertz CT molecular complexity index is 718. The Morgan fingerprint density at radius 3 is 1.94 bits per heavy atom. The van der Waals surface area contributed by atoms with Crippen molar-refractivity contribution in [1.82, 2.24) is 0 Å². The molecular formula is C13H10N2O3. The summed E-state index contributed by atoms with van der Waals surface area (Å²) in [7, 11) is 0. The first-order chi connectivity index (χ1) is 8.59. The molecule has 18 heavy (non-hydrogen) atoms. The topological polar surface area (TPSA) is 74.1 Å². The van der Waals surface area contributed by atoms with Gasteiger partial charge in [0.1, 0.15) is 5.75 Å². The molecule has 1 heterocycles. The molecule has 5 nitrogen and oxygen atoms in total. The minimum atomic E-state index is 0.00220. The minimum Gasteiger partial charge on any atom is -0.617 e. The number of benzene rings is 2. The molecule has 3 rings (SSSR count). The Hall–Kier alpha value is -2.56. The first kappa shape index (κ1) is 10.6. The zero-order valence-corrected chi connectivity index (χ0v) is 9.62. The molecule has 1 aromatic heterocycles. The first-order valence-corrected chi connectivity index (χ1v) is 5.47. The van der Waals surface area contributed by atoms with E-state index in [0.717, 1.165) is 0 Å². The third kappa shape index (κ3) is 1.27. The Balaban J connectivity index is 2.62. The number of phenolic OH excluding ortho intramolecular Hbond substituents is 1. The van der Waals surface area contributed by atoms with Crippen molar-refractivity contribution in [3.8, 4) is 5.75 Å². The lowest BCUT2D eigenvalue weighted by atomic mass is 10.2. The Labute approximate surface area is 102 Å². The number of nitrogens with zero attached hydrogens (tertiary/aromatic N) is 2. The van der Waals surface area contributed by atoms with Crippen LogP contribution >= 0.6 is 0 Å². The molecule has 0 atom stereocenters. The van der Waals surface area contributed by atoms with Gasteiger partial charge in [0.15, 0.2) is 0 Å². The molecule has 0 aliphatic heterocycles. The minimum absolute atomic E-state index is 0.00220. The van der Waals surface area contributed by atoms with Crippen LogP contribution < -0.4 is 9.46 Å². The van der Waals surface area contributed by atoms with Gasteiger partial charge >= 0.3 is 0 Å². The predicted molar refractivity (Wildman–Crippen MR) is 65.8 cm³/mol. The van der Waals surface area contributed by atoms with Crippen LogP contribution in [0.2, 0.25) is 0 Å². The van der Waals surface area contributed by atoms with E-state index in [1.165, 1.54) is 12.1 Å². The van der Waals surface area contributed by atoms with E-state index in [1.54, 1.807) is 31.2 Å². The molecule has 0 radical (unpaired) electrons. The van der Waals surface area contributed by atoms with Crippen LogP contribution in [-0.4, -0.2) is 5.11 Å². The quantitative estimate of drug-likeness (QED) is 0.366. The van der Waals surface area contributed by atoms with Crippen LogP contribution in [0.5, 0.6) is 5.75 Å². The van der Waals surface area contributed by atoms with E-state index in [0.29, 0.717) is 20.5 Å². The van der Waals surface area contributed by atoms with Crippen LogP contribution in [0.3, 0.4) is 0 Å². The summed E-state index contributed by atoms with van der Waals surface area (Å²) >= 11 is 0. The van der Waals surface area contributed by atoms with Crippen LogP contribution in [0, 0.1) is 17.3 Å². The first-order valence-electron chi connectivity index (χ1n) is 5.47. The van der Waals surface area contributed by atoms with E-state index in [1.807, 2.05) is 0 Å². The van der Waals surface area contributed by atoms with Crippen molar-refractivity contribution >= 4 is 22.1 Å². The smallest absolute Gasteiger partial charge is 0.294 e. The monoisotopic (exact) mass is 242 g/mol. The van der Waals surface area contributed by atoms with Gasteiger partial charge in [-0.1, -0.05) is 12.1 Å². The summed E-state index contributed by atoms with van der Waals surface area (Å²) in [6, 6.07) is 9.40. The van der Waals surface area contributed by atoms with E-state index >= 15 is 0 Å². The molecule has 0 unspecified atom stereocenters. The molecular weight excluding hydrogens is 232 g/mol. The Kier molecular flexibility index (Phi) is 2.04. The van der Waals surface area contributed by atoms with Gasteiger partial charge < -0.3 is 15.5 Å². The van der Waals surface area contributed by atoms with Gasteiger partial charge in [-0.15, -0.1) is 0 Å². The Morgan fingerprint density at radius 1 is 0.889 bits per heavy atom. The van der Waals surface area contributed by atoms with Gasteiger partial charge in [-0.3, -0.25) is 0 Å².